The normalized spacial score (nSPS) is 15.1. The van der Waals surface area contributed by atoms with E-state index in [1.165, 1.54) is 4.57 Å². The molecule has 10 heteroatoms. The number of morpholine rings is 1. The molecular formula is C19H23N5O5. The highest BCUT2D eigenvalue weighted by molar-refractivity contribution is 5.89. The molecule has 1 fully saturated rings. The van der Waals surface area contributed by atoms with Crippen LogP contribution in [0, 0.1) is 6.92 Å². The van der Waals surface area contributed by atoms with Crippen LogP contribution in [0.1, 0.15) is 28.5 Å². The van der Waals surface area contributed by atoms with E-state index in [1.807, 2.05) is 19.1 Å². The Bertz CT molecular complexity index is 1050. The Hall–Kier alpha value is -2.98. The van der Waals surface area contributed by atoms with Crippen LogP contribution in [-0.4, -0.2) is 64.9 Å². The molecule has 0 bridgehead atoms. The monoisotopic (exact) mass is 401 g/mol. The summed E-state index contributed by atoms with van der Waals surface area (Å²) in [7, 11) is 0. The van der Waals surface area contributed by atoms with E-state index >= 15 is 0 Å². The van der Waals surface area contributed by atoms with Gasteiger partial charge in [0.2, 0.25) is 0 Å². The van der Waals surface area contributed by atoms with E-state index < -0.39 is 11.7 Å². The van der Waals surface area contributed by atoms with Crippen LogP contribution in [0.4, 0.5) is 0 Å². The first-order valence-corrected chi connectivity index (χ1v) is 9.61. The molecule has 4 rings (SSSR count). The summed E-state index contributed by atoms with van der Waals surface area (Å²) in [5, 5.41) is 6.59. The Morgan fingerprint density at radius 1 is 1.28 bits per heavy atom. The molecule has 1 N–H and O–H groups in total. The average Bonchev–Trinajstić information content (AvgIpc) is 3.31. The number of benzene rings is 1. The van der Waals surface area contributed by atoms with Gasteiger partial charge in [0, 0.05) is 19.6 Å². The van der Waals surface area contributed by atoms with Gasteiger partial charge in [-0.05, 0) is 37.6 Å². The lowest BCUT2D eigenvalue weighted by atomic mass is 10.2. The molecule has 1 amide bonds. The number of nitrogens with zero attached hydrogens (tertiary/aromatic N) is 4. The lowest BCUT2D eigenvalue weighted by Crippen LogP contribution is -2.38. The van der Waals surface area contributed by atoms with Gasteiger partial charge in [-0.15, -0.1) is 0 Å². The maximum absolute atomic E-state index is 12.2. The van der Waals surface area contributed by atoms with Gasteiger partial charge < -0.3 is 19.0 Å². The number of amides is 1. The lowest BCUT2D eigenvalue weighted by molar-refractivity contribution is 0.0374. The molecule has 154 valence electrons. The first-order valence-electron chi connectivity index (χ1n) is 9.61. The van der Waals surface area contributed by atoms with Crippen molar-refractivity contribution < 1.29 is 18.5 Å². The molecule has 1 aliphatic rings. The fraction of sp³-hybridized carbons (Fsp3) is 0.474. The number of rotatable bonds is 7. The van der Waals surface area contributed by atoms with Crippen molar-refractivity contribution >= 4 is 17.0 Å². The van der Waals surface area contributed by atoms with Crippen LogP contribution in [0.2, 0.25) is 0 Å². The van der Waals surface area contributed by atoms with E-state index in [1.54, 1.807) is 6.07 Å². The van der Waals surface area contributed by atoms with Gasteiger partial charge in [0.15, 0.2) is 11.4 Å². The van der Waals surface area contributed by atoms with Crippen molar-refractivity contribution in [1.29, 1.82) is 0 Å². The fourth-order valence-corrected chi connectivity index (χ4v) is 3.28. The largest absolute Gasteiger partial charge is 0.420 e. The lowest BCUT2D eigenvalue weighted by Gasteiger charge is -2.26. The van der Waals surface area contributed by atoms with Gasteiger partial charge in [0.05, 0.1) is 25.3 Å². The number of fused-ring (bicyclic) bond motifs is 1. The third-order valence-corrected chi connectivity index (χ3v) is 4.83. The van der Waals surface area contributed by atoms with Crippen LogP contribution in [0.15, 0.2) is 31.9 Å². The zero-order valence-electron chi connectivity index (χ0n) is 16.2. The molecule has 1 aromatic carbocycles. The van der Waals surface area contributed by atoms with Gasteiger partial charge in [-0.2, -0.15) is 4.98 Å². The van der Waals surface area contributed by atoms with E-state index in [2.05, 4.69) is 20.4 Å². The van der Waals surface area contributed by atoms with Crippen LogP contribution >= 0.6 is 0 Å². The van der Waals surface area contributed by atoms with Gasteiger partial charge in [-0.1, -0.05) is 11.2 Å². The standard InChI is InChI=1S/C19H23N5O5/c1-13-3-4-15-14(11-13)24(19(26)28-15)12-16-21-18(29-22-16)17(25)20-5-2-6-23-7-9-27-10-8-23/h3-4,11H,2,5-10,12H2,1H3,(H,20,25). The summed E-state index contributed by atoms with van der Waals surface area (Å²) in [4.78, 5) is 30.7. The summed E-state index contributed by atoms with van der Waals surface area (Å²) in [6.07, 6.45) is 0.822. The van der Waals surface area contributed by atoms with Crippen molar-refractivity contribution in [1.82, 2.24) is 24.9 Å². The topological polar surface area (TPSA) is 116 Å². The number of nitrogens with one attached hydrogen (secondary N) is 1. The first-order chi connectivity index (χ1) is 14.1. The number of hydrogen-bond acceptors (Lipinski definition) is 8. The van der Waals surface area contributed by atoms with Crippen LogP contribution in [0.3, 0.4) is 0 Å². The average molecular weight is 401 g/mol. The van der Waals surface area contributed by atoms with E-state index in [-0.39, 0.29) is 18.3 Å². The molecule has 29 heavy (non-hydrogen) atoms. The van der Waals surface area contributed by atoms with Crippen molar-refractivity contribution in [2.75, 3.05) is 39.4 Å². The van der Waals surface area contributed by atoms with E-state index in [0.717, 1.165) is 44.8 Å². The Kier molecular flexibility index (Phi) is 5.72. The Labute approximate surface area is 166 Å². The summed E-state index contributed by atoms with van der Waals surface area (Å²) in [6, 6.07) is 5.46. The summed E-state index contributed by atoms with van der Waals surface area (Å²) < 4.78 is 17.0. The van der Waals surface area contributed by atoms with Gasteiger partial charge in [-0.3, -0.25) is 14.3 Å². The molecule has 10 nitrogen and oxygen atoms in total. The van der Waals surface area contributed by atoms with Gasteiger partial charge >= 0.3 is 17.6 Å². The second kappa shape index (κ2) is 8.58. The molecule has 3 heterocycles. The van der Waals surface area contributed by atoms with Crippen molar-refractivity contribution in [3.63, 3.8) is 0 Å². The number of ether oxygens (including phenoxy) is 1. The first kappa shape index (κ1) is 19.3. The van der Waals surface area contributed by atoms with E-state index in [0.29, 0.717) is 17.6 Å². The van der Waals surface area contributed by atoms with Gasteiger partial charge in [0.1, 0.15) is 0 Å². The van der Waals surface area contributed by atoms with E-state index in [4.69, 9.17) is 13.7 Å². The summed E-state index contributed by atoms with van der Waals surface area (Å²) in [6.45, 7) is 6.75. The maximum Gasteiger partial charge on any atom is 0.420 e. The minimum Gasteiger partial charge on any atom is -0.408 e. The minimum absolute atomic E-state index is 0.0586. The molecule has 0 saturated carbocycles. The SMILES string of the molecule is Cc1ccc2oc(=O)n(Cc3noc(C(=O)NCCCN4CCOCC4)n3)c2c1. The second-order valence-corrected chi connectivity index (χ2v) is 7.00. The molecule has 0 spiro atoms. The predicted octanol–water partition coefficient (Wildman–Crippen LogP) is 0.786. The van der Waals surface area contributed by atoms with Crippen molar-refractivity contribution in [3.8, 4) is 0 Å². The highest BCUT2D eigenvalue weighted by Crippen LogP contribution is 2.15. The molecule has 3 aromatic rings. The quantitative estimate of drug-likeness (QED) is 0.578. The van der Waals surface area contributed by atoms with Crippen molar-refractivity contribution in [2.24, 2.45) is 0 Å². The molecule has 0 atom stereocenters. The molecule has 1 aliphatic heterocycles. The van der Waals surface area contributed by atoms with Crippen molar-refractivity contribution in [2.45, 2.75) is 19.9 Å². The molecule has 0 aliphatic carbocycles. The number of oxazole rings is 1. The Morgan fingerprint density at radius 3 is 2.93 bits per heavy atom. The van der Waals surface area contributed by atoms with Crippen molar-refractivity contribution in [3.05, 3.63) is 46.0 Å². The smallest absolute Gasteiger partial charge is 0.408 e. The van der Waals surface area contributed by atoms with Gasteiger partial charge in [-0.25, -0.2) is 4.79 Å². The van der Waals surface area contributed by atoms with Crippen LogP contribution in [0.5, 0.6) is 0 Å². The Balaban J connectivity index is 1.33. The van der Waals surface area contributed by atoms with Gasteiger partial charge in [0.25, 0.3) is 0 Å². The molecule has 0 radical (unpaired) electrons. The van der Waals surface area contributed by atoms with E-state index in [9.17, 15) is 9.59 Å². The zero-order valence-corrected chi connectivity index (χ0v) is 16.2. The summed E-state index contributed by atoms with van der Waals surface area (Å²) >= 11 is 0. The maximum atomic E-state index is 12.2. The number of carbonyl (C=O) groups is 1. The Morgan fingerprint density at radius 2 is 2.10 bits per heavy atom. The minimum atomic E-state index is -0.510. The fourth-order valence-electron chi connectivity index (χ4n) is 3.28. The number of carbonyl (C=O) groups excluding carboxylic acids is 1. The predicted molar refractivity (Wildman–Crippen MR) is 103 cm³/mol. The third-order valence-electron chi connectivity index (χ3n) is 4.83. The number of hydrogen-bond donors (Lipinski definition) is 1. The molecule has 1 saturated heterocycles. The second-order valence-electron chi connectivity index (χ2n) is 7.00. The summed E-state index contributed by atoms with van der Waals surface area (Å²) in [5.74, 6) is -0.825. The molecule has 0 unspecified atom stereocenters. The van der Waals surface area contributed by atoms with Crippen LogP contribution < -0.4 is 11.1 Å². The van der Waals surface area contributed by atoms with Crippen LogP contribution in [-0.2, 0) is 11.3 Å². The molecule has 2 aromatic heterocycles. The number of aryl methyl sites for hydroxylation is 1. The summed E-state index contributed by atoms with van der Waals surface area (Å²) in [5.41, 5.74) is 2.13. The van der Waals surface area contributed by atoms with Crippen LogP contribution in [0.25, 0.3) is 11.1 Å². The highest BCUT2D eigenvalue weighted by Gasteiger charge is 2.18. The highest BCUT2D eigenvalue weighted by atomic mass is 16.5. The zero-order chi connectivity index (χ0) is 20.2. The molecular weight excluding hydrogens is 378 g/mol. The number of aromatic nitrogens is 3. The third kappa shape index (κ3) is 4.54.